The number of sulfonamides is 1. The quantitative estimate of drug-likeness (QED) is 0.393. The Morgan fingerprint density at radius 3 is 2.67 bits per heavy atom. The van der Waals surface area contributed by atoms with Gasteiger partial charge in [-0.3, -0.25) is 0 Å². The van der Waals surface area contributed by atoms with Crippen LogP contribution in [0.5, 0.6) is 0 Å². The molecular formula is C18H21F3N2O5S2. The zero-order chi connectivity index (χ0) is 22.4. The summed E-state index contributed by atoms with van der Waals surface area (Å²) >= 11 is 1.06. The van der Waals surface area contributed by atoms with Crippen LogP contribution in [0.1, 0.15) is 34.4 Å². The van der Waals surface area contributed by atoms with Crippen LogP contribution in [0, 0.1) is 0 Å². The van der Waals surface area contributed by atoms with Gasteiger partial charge in [-0.15, -0.1) is 11.3 Å². The Balaban J connectivity index is 2.32. The van der Waals surface area contributed by atoms with Crippen LogP contribution in [0.2, 0.25) is 0 Å². The Morgan fingerprint density at radius 2 is 2.03 bits per heavy atom. The molecule has 1 aromatic carbocycles. The van der Waals surface area contributed by atoms with E-state index in [9.17, 15) is 26.4 Å². The molecule has 0 radical (unpaired) electrons. The molecule has 0 aliphatic rings. The molecule has 7 nitrogen and oxygen atoms in total. The zero-order valence-corrected chi connectivity index (χ0v) is 17.9. The van der Waals surface area contributed by atoms with Crippen molar-refractivity contribution in [2.75, 3.05) is 26.9 Å². The first-order chi connectivity index (χ1) is 14.1. The molecule has 1 aromatic heterocycles. The topological polar surface area (TPSA) is 85.8 Å². The van der Waals surface area contributed by atoms with Gasteiger partial charge >= 0.3 is 12.1 Å². The maximum absolute atomic E-state index is 13.1. The lowest BCUT2D eigenvalue weighted by Crippen LogP contribution is -2.32. The van der Waals surface area contributed by atoms with Crippen molar-refractivity contribution >= 4 is 27.3 Å². The van der Waals surface area contributed by atoms with Crippen molar-refractivity contribution < 1.29 is 35.9 Å². The number of hydrogen-bond acceptors (Lipinski definition) is 7. The number of hydrogen-bond donors (Lipinski definition) is 0. The summed E-state index contributed by atoms with van der Waals surface area (Å²) in [7, 11) is -2.80. The molecule has 0 unspecified atom stereocenters. The molecule has 0 saturated heterocycles. The molecule has 12 heteroatoms. The number of esters is 1. The fourth-order valence-corrected chi connectivity index (χ4v) is 4.83. The third kappa shape index (κ3) is 6.24. The SMILES string of the molecule is CCOC(=O)c1csc(CN(CCCOC)S(=O)(=O)c2cccc(C(F)(F)F)c2)n1. The smallest absolute Gasteiger partial charge is 0.416 e. The monoisotopic (exact) mass is 466 g/mol. The van der Waals surface area contributed by atoms with E-state index in [0.29, 0.717) is 17.5 Å². The number of ether oxygens (including phenoxy) is 2. The van der Waals surface area contributed by atoms with Crippen LogP contribution in [-0.2, 0) is 32.2 Å². The van der Waals surface area contributed by atoms with E-state index in [1.807, 2.05) is 0 Å². The van der Waals surface area contributed by atoms with Crippen LogP contribution in [0.4, 0.5) is 13.2 Å². The van der Waals surface area contributed by atoms with Gasteiger partial charge in [-0.25, -0.2) is 18.2 Å². The van der Waals surface area contributed by atoms with Gasteiger partial charge in [-0.1, -0.05) is 6.07 Å². The number of aromatic nitrogens is 1. The molecule has 0 fully saturated rings. The van der Waals surface area contributed by atoms with E-state index in [4.69, 9.17) is 9.47 Å². The van der Waals surface area contributed by atoms with Crippen molar-refractivity contribution in [3.8, 4) is 0 Å². The number of alkyl halides is 3. The number of carbonyl (C=O) groups is 1. The molecule has 0 N–H and O–H groups in total. The van der Waals surface area contributed by atoms with Crippen LogP contribution < -0.4 is 0 Å². The normalized spacial score (nSPS) is 12.3. The van der Waals surface area contributed by atoms with Crippen LogP contribution in [0.3, 0.4) is 0 Å². The lowest BCUT2D eigenvalue weighted by molar-refractivity contribution is -0.137. The van der Waals surface area contributed by atoms with Crippen molar-refractivity contribution in [2.24, 2.45) is 0 Å². The number of thiazole rings is 1. The van der Waals surface area contributed by atoms with Gasteiger partial charge in [0.2, 0.25) is 10.0 Å². The number of halogens is 3. The van der Waals surface area contributed by atoms with Crippen molar-refractivity contribution in [3.05, 3.63) is 45.9 Å². The predicted molar refractivity (Wildman–Crippen MR) is 104 cm³/mol. The average molecular weight is 467 g/mol. The van der Waals surface area contributed by atoms with Gasteiger partial charge in [0.05, 0.1) is 23.6 Å². The first kappa shape index (κ1) is 24.3. The number of rotatable bonds is 10. The summed E-state index contributed by atoms with van der Waals surface area (Å²) in [6, 6.07) is 3.57. The number of nitrogens with zero attached hydrogens (tertiary/aromatic N) is 2. The Labute approximate surface area is 176 Å². The summed E-state index contributed by atoms with van der Waals surface area (Å²) in [6.07, 6.45) is -4.35. The van der Waals surface area contributed by atoms with Crippen molar-refractivity contribution in [3.63, 3.8) is 0 Å². The molecule has 0 saturated carbocycles. The van der Waals surface area contributed by atoms with Crippen LogP contribution in [-0.4, -0.2) is 50.5 Å². The summed E-state index contributed by atoms with van der Waals surface area (Å²) in [5.74, 6) is -0.633. The molecule has 166 valence electrons. The Bertz CT molecular complexity index is 961. The minimum absolute atomic E-state index is 0.000733. The van der Waals surface area contributed by atoms with Crippen LogP contribution >= 0.6 is 11.3 Å². The highest BCUT2D eigenvalue weighted by Crippen LogP contribution is 2.31. The standard InChI is InChI=1S/C18H21F3N2O5S2/c1-3-28-17(24)15-12-29-16(22-15)11-23(8-5-9-27-2)30(25,26)14-7-4-6-13(10-14)18(19,20)21/h4,6-7,10,12H,3,5,8-9,11H2,1-2H3. The maximum atomic E-state index is 13.1. The first-order valence-electron chi connectivity index (χ1n) is 8.87. The largest absolute Gasteiger partial charge is 0.461 e. The highest BCUT2D eigenvalue weighted by Gasteiger charge is 2.33. The van der Waals surface area contributed by atoms with Gasteiger partial charge in [-0.2, -0.15) is 17.5 Å². The first-order valence-corrected chi connectivity index (χ1v) is 11.2. The highest BCUT2D eigenvalue weighted by molar-refractivity contribution is 7.89. The zero-order valence-electron chi connectivity index (χ0n) is 16.3. The maximum Gasteiger partial charge on any atom is 0.416 e. The van der Waals surface area contributed by atoms with E-state index in [1.54, 1.807) is 6.92 Å². The minimum Gasteiger partial charge on any atom is -0.461 e. The van der Waals surface area contributed by atoms with Gasteiger partial charge in [-0.05, 0) is 31.5 Å². The Hall–Kier alpha value is -2.02. The average Bonchev–Trinajstić information content (AvgIpc) is 3.16. The summed E-state index contributed by atoms with van der Waals surface area (Å²) in [5, 5.41) is 1.75. The molecule has 0 aliphatic heterocycles. The number of benzene rings is 1. The Kier molecular flexibility index (Phi) is 8.35. The molecule has 30 heavy (non-hydrogen) atoms. The third-order valence-electron chi connectivity index (χ3n) is 3.90. The van der Waals surface area contributed by atoms with Crippen LogP contribution in [0.25, 0.3) is 0 Å². The predicted octanol–water partition coefficient (Wildman–Crippen LogP) is 3.57. The van der Waals surface area contributed by atoms with Crippen molar-refractivity contribution in [1.29, 1.82) is 0 Å². The second-order valence-electron chi connectivity index (χ2n) is 6.06. The van der Waals surface area contributed by atoms with E-state index in [1.165, 1.54) is 12.5 Å². The molecule has 0 amide bonds. The molecule has 0 bridgehead atoms. The van der Waals surface area contributed by atoms with Crippen molar-refractivity contribution in [2.45, 2.75) is 31.0 Å². The highest BCUT2D eigenvalue weighted by atomic mass is 32.2. The van der Waals surface area contributed by atoms with E-state index in [-0.39, 0.29) is 32.0 Å². The van der Waals surface area contributed by atoms with E-state index in [2.05, 4.69) is 4.98 Å². The second kappa shape index (κ2) is 10.3. The van der Waals surface area contributed by atoms with Gasteiger partial charge in [0.1, 0.15) is 5.01 Å². The lowest BCUT2D eigenvalue weighted by atomic mass is 10.2. The third-order valence-corrected chi connectivity index (χ3v) is 6.58. The van der Waals surface area contributed by atoms with E-state index < -0.39 is 32.6 Å². The van der Waals surface area contributed by atoms with Crippen LogP contribution in [0.15, 0.2) is 34.5 Å². The van der Waals surface area contributed by atoms with Crippen molar-refractivity contribution in [1.82, 2.24) is 9.29 Å². The molecular weight excluding hydrogens is 445 g/mol. The fraction of sp³-hybridized carbons (Fsp3) is 0.444. The fourth-order valence-electron chi connectivity index (χ4n) is 2.48. The van der Waals surface area contributed by atoms with Gasteiger partial charge < -0.3 is 9.47 Å². The summed E-state index contributed by atoms with van der Waals surface area (Å²) in [4.78, 5) is 15.4. The van der Waals surface area contributed by atoms with E-state index >= 15 is 0 Å². The van der Waals surface area contributed by atoms with Gasteiger partial charge in [0.15, 0.2) is 5.69 Å². The summed E-state index contributed by atoms with van der Waals surface area (Å²) in [5.41, 5.74) is -1.01. The summed E-state index contributed by atoms with van der Waals surface area (Å²) in [6.45, 7) is 1.87. The molecule has 2 aromatic rings. The molecule has 2 rings (SSSR count). The second-order valence-corrected chi connectivity index (χ2v) is 8.94. The molecule has 0 aliphatic carbocycles. The number of carbonyl (C=O) groups excluding carboxylic acids is 1. The Morgan fingerprint density at radius 1 is 1.30 bits per heavy atom. The van der Waals surface area contributed by atoms with E-state index in [0.717, 1.165) is 33.8 Å². The molecule has 1 heterocycles. The summed E-state index contributed by atoms with van der Waals surface area (Å²) < 4.78 is 76.0. The minimum atomic E-state index is -4.67. The van der Waals surface area contributed by atoms with Gasteiger partial charge in [0, 0.05) is 25.6 Å². The molecule has 0 spiro atoms. The number of methoxy groups -OCH3 is 1. The molecule has 0 atom stereocenters. The lowest BCUT2D eigenvalue weighted by Gasteiger charge is -2.21. The van der Waals surface area contributed by atoms with Gasteiger partial charge in [0.25, 0.3) is 0 Å².